The highest BCUT2D eigenvalue weighted by Crippen LogP contribution is 2.29. The summed E-state index contributed by atoms with van der Waals surface area (Å²) in [6.45, 7) is 0. The summed E-state index contributed by atoms with van der Waals surface area (Å²) in [5, 5.41) is -0.951. The molecule has 0 spiro atoms. The lowest BCUT2D eigenvalue weighted by Crippen LogP contribution is -2.17. The van der Waals surface area contributed by atoms with E-state index in [2.05, 4.69) is 4.74 Å². The molecule has 0 aromatic heterocycles. The van der Waals surface area contributed by atoms with E-state index in [9.17, 15) is 22.4 Å². The molecule has 0 saturated heterocycles. The van der Waals surface area contributed by atoms with Crippen LogP contribution < -0.4 is 4.74 Å². The SMILES string of the molecule is O=C(Cl)c1ccc(-c2cccc(OC(F)(F)F)c2)cc1F. The molecule has 110 valence electrons. The van der Waals surface area contributed by atoms with E-state index in [1.165, 1.54) is 18.2 Å². The second kappa shape index (κ2) is 5.73. The highest BCUT2D eigenvalue weighted by Gasteiger charge is 2.31. The molecule has 2 aromatic rings. The van der Waals surface area contributed by atoms with Crippen molar-refractivity contribution in [1.82, 2.24) is 0 Å². The first-order valence-electron chi connectivity index (χ1n) is 5.62. The minimum absolute atomic E-state index is 0.293. The smallest absolute Gasteiger partial charge is 0.406 e. The van der Waals surface area contributed by atoms with Crippen LogP contribution in [0.5, 0.6) is 5.75 Å². The van der Waals surface area contributed by atoms with Gasteiger partial charge in [-0.15, -0.1) is 13.2 Å². The highest BCUT2D eigenvalue weighted by molar-refractivity contribution is 6.67. The van der Waals surface area contributed by atoms with E-state index in [0.29, 0.717) is 11.1 Å². The van der Waals surface area contributed by atoms with Gasteiger partial charge < -0.3 is 4.74 Å². The lowest BCUT2D eigenvalue weighted by atomic mass is 10.0. The van der Waals surface area contributed by atoms with E-state index in [1.54, 1.807) is 0 Å². The standard InChI is InChI=1S/C14H7ClF4O2/c15-13(20)11-5-4-9(7-12(11)16)8-2-1-3-10(6-8)21-14(17,18)19/h1-7H. The number of carbonyl (C=O) groups is 1. The van der Waals surface area contributed by atoms with Crippen LogP contribution in [0.1, 0.15) is 10.4 Å². The number of alkyl halides is 3. The molecule has 2 rings (SSSR count). The maximum Gasteiger partial charge on any atom is 0.573 e. The van der Waals surface area contributed by atoms with Gasteiger partial charge in [-0.3, -0.25) is 4.79 Å². The van der Waals surface area contributed by atoms with Crippen LogP contribution in [0, 0.1) is 5.82 Å². The van der Waals surface area contributed by atoms with Gasteiger partial charge in [-0.2, -0.15) is 0 Å². The number of halogens is 5. The summed E-state index contributed by atoms with van der Waals surface area (Å²) >= 11 is 5.18. The van der Waals surface area contributed by atoms with E-state index in [1.807, 2.05) is 0 Å². The predicted molar refractivity (Wildman–Crippen MR) is 68.7 cm³/mol. The van der Waals surface area contributed by atoms with Gasteiger partial charge in [0.25, 0.3) is 5.24 Å². The fraction of sp³-hybridized carbons (Fsp3) is 0.0714. The van der Waals surface area contributed by atoms with Crippen LogP contribution >= 0.6 is 11.6 Å². The van der Waals surface area contributed by atoms with Gasteiger partial charge >= 0.3 is 6.36 Å². The Labute approximate surface area is 121 Å². The van der Waals surface area contributed by atoms with E-state index < -0.39 is 23.2 Å². The van der Waals surface area contributed by atoms with E-state index in [-0.39, 0.29) is 5.56 Å². The number of carbonyl (C=O) groups excluding carboxylic acids is 1. The van der Waals surface area contributed by atoms with E-state index in [4.69, 9.17) is 11.6 Å². The zero-order valence-electron chi connectivity index (χ0n) is 10.2. The van der Waals surface area contributed by atoms with E-state index in [0.717, 1.165) is 24.3 Å². The Kier molecular flexibility index (Phi) is 4.18. The maximum absolute atomic E-state index is 13.6. The molecule has 0 aliphatic rings. The monoisotopic (exact) mass is 318 g/mol. The van der Waals surface area contributed by atoms with Gasteiger partial charge in [0.15, 0.2) is 0 Å². The second-order valence-electron chi connectivity index (χ2n) is 4.04. The average molecular weight is 319 g/mol. The van der Waals surface area contributed by atoms with Crippen LogP contribution in [-0.2, 0) is 0 Å². The number of ether oxygens (including phenoxy) is 1. The third-order valence-corrected chi connectivity index (χ3v) is 2.79. The average Bonchev–Trinajstić information content (AvgIpc) is 2.36. The van der Waals surface area contributed by atoms with E-state index >= 15 is 0 Å². The lowest BCUT2D eigenvalue weighted by Gasteiger charge is -2.10. The minimum atomic E-state index is -4.81. The first kappa shape index (κ1) is 15.3. The quantitative estimate of drug-likeness (QED) is 0.602. The summed E-state index contributed by atoms with van der Waals surface area (Å²) in [7, 11) is 0. The van der Waals surface area contributed by atoms with Crippen LogP contribution in [0.15, 0.2) is 42.5 Å². The Morgan fingerprint density at radius 2 is 1.71 bits per heavy atom. The number of benzene rings is 2. The molecule has 0 unspecified atom stereocenters. The Morgan fingerprint density at radius 1 is 1.05 bits per heavy atom. The summed E-state index contributed by atoms with van der Waals surface area (Å²) in [4.78, 5) is 10.9. The molecule has 0 saturated carbocycles. The molecule has 0 radical (unpaired) electrons. The summed E-state index contributed by atoms with van der Waals surface area (Å²) < 4.78 is 53.9. The molecule has 0 bridgehead atoms. The molecule has 0 aliphatic heterocycles. The van der Waals surface area contributed by atoms with Crippen molar-refractivity contribution in [2.45, 2.75) is 6.36 Å². The third kappa shape index (κ3) is 3.95. The Morgan fingerprint density at radius 3 is 2.29 bits per heavy atom. The molecular formula is C14H7ClF4O2. The largest absolute Gasteiger partial charge is 0.573 e. The maximum atomic E-state index is 13.6. The van der Waals surface area contributed by atoms with Crippen molar-refractivity contribution >= 4 is 16.8 Å². The van der Waals surface area contributed by atoms with Crippen LogP contribution in [0.25, 0.3) is 11.1 Å². The lowest BCUT2D eigenvalue weighted by molar-refractivity contribution is -0.274. The van der Waals surface area contributed by atoms with Crippen LogP contribution in [0.4, 0.5) is 17.6 Å². The molecule has 0 atom stereocenters. The van der Waals surface area contributed by atoms with Crippen molar-refractivity contribution in [1.29, 1.82) is 0 Å². The van der Waals surface area contributed by atoms with Gasteiger partial charge in [0.2, 0.25) is 0 Å². The molecule has 0 aliphatic carbocycles. The van der Waals surface area contributed by atoms with Crippen molar-refractivity contribution < 1.29 is 27.1 Å². The van der Waals surface area contributed by atoms with Crippen molar-refractivity contribution in [2.75, 3.05) is 0 Å². The molecule has 2 aromatic carbocycles. The molecule has 0 N–H and O–H groups in total. The van der Waals surface area contributed by atoms with Gasteiger partial charge in [-0.1, -0.05) is 18.2 Å². The van der Waals surface area contributed by atoms with Gasteiger partial charge in [0.1, 0.15) is 11.6 Å². The number of hydrogen-bond acceptors (Lipinski definition) is 2. The van der Waals surface area contributed by atoms with Crippen molar-refractivity contribution in [3.63, 3.8) is 0 Å². The first-order chi connectivity index (χ1) is 9.76. The van der Waals surface area contributed by atoms with Gasteiger partial charge in [-0.05, 0) is 47.0 Å². The minimum Gasteiger partial charge on any atom is -0.406 e. The summed E-state index contributed by atoms with van der Waals surface area (Å²) in [5.74, 6) is -1.27. The van der Waals surface area contributed by atoms with Crippen molar-refractivity contribution in [3.8, 4) is 16.9 Å². The molecule has 0 fully saturated rings. The Hall–Kier alpha value is -2.08. The topological polar surface area (TPSA) is 26.3 Å². The Balaban J connectivity index is 2.36. The van der Waals surface area contributed by atoms with Crippen LogP contribution in [0.3, 0.4) is 0 Å². The first-order valence-corrected chi connectivity index (χ1v) is 5.99. The fourth-order valence-corrected chi connectivity index (χ4v) is 1.88. The molecule has 7 heteroatoms. The molecule has 2 nitrogen and oxygen atoms in total. The van der Waals surface area contributed by atoms with Gasteiger partial charge in [0.05, 0.1) is 5.56 Å². The zero-order valence-corrected chi connectivity index (χ0v) is 11.0. The Bertz CT molecular complexity index is 683. The molecular weight excluding hydrogens is 312 g/mol. The predicted octanol–water partition coefficient (Wildman–Crippen LogP) is 4.77. The second-order valence-corrected chi connectivity index (χ2v) is 4.39. The van der Waals surface area contributed by atoms with Gasteiger partial charge in [-0.25, -0.2) is 4.39 Å². The normalized spacial score (nSPS) is 11.3. The molecule has 0 heterocycles. The van der Waals surface area contributed by atoms with Crippen LogP contribution in [-0.4, -0.2) is 11.6 Å². The number of rotatable bonds is 3. The van der Waals surface area contributed by atoms with Crippen molar-refractivity contribution in [3.05, 3.63) is 53.8 Å². The molecule has 0 amide bonds. The fourth-order valence-electron chi connectivity index (χ4n) is 1.73. The highest BCUT2D eigenvalue weighted by atomic mass is 35.5. The van der Waals surface area contributed by atoms with Crippen molar-refractivity contribution in [2.24, 2.45) is 0 Å². The zero-order chi connectivity index (χ0) is 15.6. The summed E-state index contributed by atoms with van der Waals surface area (Å²) in [6.07, 6.45) is -4.81. The summed E-state index contributed by atoms with van der Waals surface area (Å²) in [6, 6.07) is 8.63. The van der Waals surface area contributed by atoms with Crippen LogP contribution in [0.2, 0.25) is 0 Å². The van der Waals surface area contributed by atoms with Gasteiger partial charge in [0, 0.05) is 0 Å². The summed E-state index contributed by atoms with van der Waals surface area (Å²) in [5.41, 5.74) is 0.300. The third-order valence-electron chi connectivity index (χ3n) is 2.58. The molecule has 21 heavy (non-hydrogen) atoms. The number of hydrogen-bond donors (Lipinski definition) is 0.